The maximum Gasteiger partial charge on any atom is 0.00876 e. The van der Waals surface area contributed by atoms with E-state index in [1.54, 1.807) is 0 Å². The summed E-state index contributed by atoms with van der Waals surface area (Å²) in [4.78, 5) is 0. The predicted molar refractivity (Wildman–Crippen MR) is 51.6 cm³/mol. The molecule has 0 saturated carbocycles. The smallest absolute Gasteiger partial charge is 0.00876 e. The van der Waals surface area contributed by atoms with Crippen molar-refractivity contribution in [3.8, 4) is 0 Å². The van der Waals surface area contributed by atoms with Crippen LogP contribution in [0.2, 0.25) is 0 Å². The van der Waals surface area contributed by atoms with E-state index in [9.17, 15) is 0 Å². The molecule has 68 valence electrons. The van der Waals surface area contributed by atoms with Crippen LogP contribution in [0.3, 0.4) is 0 Å². The normalized spacial score (nSPS) is 15.0. The van der Waals surface area contributed by atoms with Crippen molar-refractivity contribution < 1.29 is 0 Å². The average molecular weight is 157 g/mol. The van der Waals surface area contributed by atoms with E-state index in [0.29, 0.717) is 6.04 Å². The molecule has 0 aliphatic rings. The third-order valence-corrected chi connectivity index (χ3v) is 2.23. The highest BCUT2D eigenvalue weighted by atomic mass is 14.7. The Bertz CT molecular complexity index is 91.5. The first-order valence-corrected chi connectivity index (χ1v) is 4.74. The van der Waals surface area contributed by atoms with Crippen molar-refractivity contribution in [2.75, 3.05) is 0 Å². The molecule has 1 nitrogen and oxygen atoms in total. The molecule has 0 aromatic carbocycles. The standard InChI is InChI=1S/C10H23N/c1-5-6-7-8-9(11)10(2,3)4/h9H,5-8,11H2,1-4H3/t9-/m0/s1. The summed E-state index contributed by atoms with van der Waals surface area (Å²) in [5, 5.41) is 0. The van der Waals surface area contributed by atoms with Gasteiger partial charge in [-0.05, 0) is 11.8 Å². The number of nitrogens with two attached hydrogens (primary N) is 1. The van der Waals surface area contributed by atoms with Crippen LogP contribution in [0.1, 0.15) is 53.4 Å². The van der Waals surface area contributed by atoms with Gasteiger partial charge in [0.1, 0.15) is 0 Å². The van der Waals surface area contributed by atoms with E-state index < -0.39 is 0 Å². The summed E-state index contributed by atoms with van der Waals surface area (Å²) in [5.74, 6) is 0. The second kappa shape index (κ2) is 4.76. The molecule has 0 aliphatic heterocycles. The van der Waals surface area contributed by atoms with E-state index in [4.69, 9.17) is 5.73 Å². The third-order valence-electron chi connectivity index (χ3n) is 2.23. The summed E-state index contributed by atoms with van der Waals surface area (Å²) in [6, 6.07) is 0.369. The van der Waals surface area contributed by atoms with E-state index >= 15 is 0 Å². The lowest BCUT2D eigenvalue weighted by molar-refractivity contribution is 0.299. The van der Waals surface area contributed by atoms with Crippen LogP contribution in [-0.2, 0) is 0 Å². The van der Waals surface area contributed by atoms with E-state index in [1.165, 1.54) is 25.7 Å². The summed E-state index contributed by atoms with van der Waals surface area (Å²) in [5.41, 5.74) is 6.28. The van der Waals surface area contributed by atoms with Gasteiger partial charge in [0.25, 0.3) is 0 Å². The van der Waals surface area contributed by atoms with Gasteiger partial charge in [-0.1, -0.05) is 47.0 Å². The Morgan fingerprint density at radius 3 is 2.09 bits per heavy atom. The summed E-state index contributed by atoms with van der Waals surface area (Å²) in [7, 11) is 0. The van der Waals surface area contributed by atoms with Crippen molar-refractivity contribution in [2.45, 2.75) is 59.4 Å². The zero-order valence-corrected chi connectivity index (χ0v) is 8.48. The van der Waals surface area contributed by atoms with Gasteiger partial charge >= 0.3 is 0 Å². The maximum absolute atomic E-state index is 5.99. The molecular weight excluding hydrogens is 134 g/mol. The highest BCUT2D eigenvalue weighted by molar-refractivity contribution is 4.76. The first-order valence-electron chi connectivity index (χ1n) is 4.74. The predicted octanol–water partition coefficient (Wildman–Crippen LogP) is 2.94. The van der Waals surface area contributed by atoms with Crippen molar-refractivity contribution in [1.82, 2.24) is 0 Å². The first-order chi connectivity index (χ1) is 4.98. The van der Waals surface area contributed by atoms with Gasteiger partial charge in [0.05, 0.1) is 0 Å². The zero-order chi connectivity index (χ0) is 8.91. The van der Waals surface area contributed by atoms with Crippen LogP contribution in [0.25, 0.3) is 0 Å². The van der Waals surface area contributed by atoms with Gasteiger partial charge in [-0.2, -0.15) is 0 Å². The maximum atomic E-state index is 5.99. The minimum Gasteiger partial charge on any atom is -0.327 e. The molecule has 2 N–H and O–H groups in total. The van der Waals surface area contributed by atoms with E-state index in [2.05, 4.69) is 27.7 Å². The number of rotatable bonds is 4. The molecular formula is C10H23N. The summed E-state index contributed by atoms with van der Waals surface area (Å²) in [6.07, 6.45) is 5.08. The topological polar surface area (TPSA) is 26.0 Å². The summed E-state index contributed by atoms with van der Waals surface area (Å²) in [6.45, 7) is 8.86. The minimum atomic E-state index is 0.285. The zero-order valence-electron chi connectivity index (χ0n) is 8.48. The van der Waals surface area contributed by atoms with Gasteiger partial charge in [0.15, 0.2) is 0 Å². The molecule has 0 rings (SSSR count). The van der Waals surface area contributed by atoms with E-state index in [-0.39, 0.29) is 5.41 Å². The lowest BCUT2D eigenvalue weighted by atomic mass is 9.84. The molecule has 1 atom stereocenters. The van der Waals surface area contributed by atoms with Crippen LogP contribution >= 0.6 is 0 Å². The molecule has 0 saturated heterocycles. The fourth-order valence-electron chi connectivity index (χ4n) is 1.05. The molecule has 0 radical (unpaired) electrons. The fraction of sp³-hybridized carbons (Fsp3) is 1.00. The first kappa shape index (κ1) is 11.0. The lowest BCUT2D eigenvalue weighted by Gasteiger charge is -2.26. The summed E-state index contributed by atoms with van der Waals surface area (Å²) < 4.78 is 0. The van der Waals surface area contributed by atoms with E-state index in [1.807, 2.05) is 0 Å². The van der Waals surface area contributed by atoms with Crippen LogP contribution < -0.4 is 5.73 Å². The van der Waals surface area contributed by atoms with Gasteiger partial charge in [-0.15, -0.1) is 0 Å². The Labute approximate surface area is 71.4 Å². The number of hydrogen-bond donors (Lipinski definition) is 1. The molecule has 0 amide bonds. The molecule has 1 heteroatoms. The van der Waals surface area contributed by atoms with Gasteiger partial charge in [-0.3, -0.25) is 0 Å². The van der Waals surface area contributed by atoms with Crippen LogP contribution in [0.4, 0.5) is 0 Å². The minimum absolute atomic E-state index is 0.285. The molecule has 0 aromatic heterocycles. The lowest BCUT2D eigenvalue weighted by Crippen LogP contribution is -2.34. The molecule has 11 heavy (non-hydrogen) atoms. The number of unbranched alkanes of at least 4 members (excludes halogenated alkanes) is 2. The van der Waals surface area contributed by atoms with Crippen LogP contribution in [0.5, 0.6) is 0 Å². The molecule has 0 unspecified atom stereocenters. The van der Waals surface area contributed by atoms with Crippen molar-refractivity contribution in [1.29, 1.82) is 0 Å². The molecule has 0 fully saturated rings. The van der Waals surface area contributed by atoms with Gasteiger partial charge in [0.2, 0.25) is 0 Å². The van der Waals surface area contributed by atoms with Crippen molar-refractivity contribution in [2.24, 2.45) is 11.1 Å². The van der Waals surface area contributed by atoms with Gasteiger partial charge < -0.3 is 5.73 Å². The average Bonchev–Trinajstić information content (AvgIpc) is 1.86. The monoisotopic (exact) mass is 157 g/mol. The van der Waals surface area contributed by atoms with Crippen molar-refractivity contribution in [3.63, 3.8) is 0 Å². The largest absolute Gasteiger partial charge is 0.327 e. The van der Waals surface area contributed by atoms with Crippen LogP contribution in [0, 0.1) is 5.41 Å². The second-order valence-electron chi connectivity index (χ2n) is 4.47. The molecule has 0 heterocycles. The van der Waals surface area contributed by atoms with Crippen molar-refractivity contribution >= 4 is 0 Å². The van der Waals surface area contributed by atoms with Gasteiger partial charge in [-0.25, -0.2) is 0 Å². The SMILES string of the molecule is CCCCC[C@H](N)C(C)(C)C. The Hall–Kier alpha value is -0.0400. The highest BCUT2D eigenvalue weighted by Crippen LogP contribution is 2.21. The molecule has 0 bridgehead atoms. The van der Waals surface area contributed by atoms with Crippen LogP contribution in [-0.4, -0.2) is 6.04 Å². The second-order valence-corrected chi connectivity index (χ2v) is 4.47. The van der Waals surface area contributed by atoms with Crippen molar-refractivity contribution in [3.05, 3.63) is 0 Å². The molecule has 0 spiro atoms. The Kier molecular flexibility index (Phi) is 4.74. The summed E-state index contributed by atoms with van der Waals surface area (Å²) >= 11 is 0. The van der Waals surface area contributed by atoms with Gasteiger partial charge in [0, 0.05) is 6.04 Å². The highest BCUT2D eigenvalue weighted by Gasteiger charge is 2.19. The number of hydrogen-bond acceptors (Lipinski definition) is 1. The van der Waals surface area contributed by atoms with E-state index in [0.717, 1.165) is 0 Å². The quantitative estimate of drug-likeness (QED) is 0.624. The molecule has 0 aliphatic carbocycles. The fourth-order valence-corrected chi connectivity index (χ4v) is 1.05. The third kappa shape index (κ3) is 5.25. The molecule has 0 aromatic rings. The Morgan fingerprint density at radius 1 is 1.18 bits per heavy atom. The van der Waals surface area contributed by atoms with Crippen LogP contribution in [0.15, 0.2) is 0 Å². The Morgan fingerprint density at radius 2 is 1.73 bits per heavy atom. The Balaban J connectivity index is 3.44.